The molecule has 0 saturated carbocycles. The molecule has 7 heteroatoms. The van der Waals surface area contributed by atoms with Crippen LogP contribution >= 0.6 is 0 Å². The summed E-state index contributed by atoms with van der Waals surface area (Å²) in [6.07, 6.45) is 0.848. The van der Waals surface area contributed by atoms with Gasteiger partial charge in [-0.1, -0.05) is 0 Å². The Labute approximate surface area is 97.0 Å². The highest BCUT2D eigenvalue weighted by atomic mass is 16.5. The summed E-state index contributed by atoms with van der Waals surface area (Å²) in [6, 6.07) is 0. The zero-order chi connectivity index (χ0) is 13.0. The molecule has 94 valence electrons. The Kier molecular flexibility index (Phi) is 4.22. The molecule has 1 aromatic rings. The number of carboxylic acids is 2. The maximum Gasteiger partial charge on any atom is 0.374 e. The molecule has 0 spiro atoms. The minimum absolute atomic E-state index is 0.0385. The molecule has 0 aliphatic rings. The van der Waals surface area contributed by atoms with Crippen LogP contribution in [0.25, 0.3) is 0 Å². The lowest BCUT2D eigenvalue weighted by Crippen LogP contribution is -2.06. The van der Waals surface area contributed by atoms with Crippen molar-refractivity contribution in [3.63, 3.8) is 0 Å². The standard InChI is InChI=1S/C10H13NO6/c1-5(16-2)3-4-6-11-7(9(12)13)8(17-6)10(14)15/h5H,3-4H2,1-2H3,(H,12,13)(H,14,15). The number of aromatic carboxylic acids is 2. The van der Waals surface area contributed by atoms with Gasteiger partial charge in [0.05, 0.1) is 6.10 Å². The van der Waals surface area contributed by atoms with E-state index in [1.54, 1.807) is 7.11 Å². The van der Waals surface area contributed by atoms with E-state index < -0.39 is 23.4 Å². The number of rotatable bonds is 6. The average molecular weight is 243 g/mol. The summed E-state index contributed by atoms with van der Waals surface area (Å²) in [6.45, 7) is 1.83. The molecule has 1 aromatic heterocycles. The van der Waals surface area contributed by atoms with E-state index in [4.69, 9.17) is 19.4 Å². The Morgan fingerprint density at radius 3 is 2.47 bits per heavy atom. The summed E-state index contributed by atoms with van der Waals surface area (Å²) in [4.78, 5) is 25.1. The van der Waals surface area contributed by atoms with E-state index in [-0.39, 0.29) is 12.0 Å². The normalized spacial score (nSPS) is 12.4. The molecule has 0 fully saturated rings. The maximum atomic E-state index is 10.7. The van der Waals surface area contributed by atoms with E-state index in [2.05, 4.69) is 4.98 Å². The van der Waals surface area contributed by atoms with Crippen LogP contribution in [0.4, 0.5) is 0 Å². The van der Waals surface area contributed by atoms with Gasteiger partial charge in [0.1, 0.15) is 0 Å². The molecule has 0 radical (unpaired) electrons. The Morgan fingerprint density at radius 2 is 2.06 bits per heavy atom. The highest BCUT2D eigenvalue weighted by Crippen LogP contribution is 2.14. The van der Waals surface area contributed by atoms with E-state index in [0.717, 1.165) is 0 Å². The first kappa shape index (κ1) is 13.2. The number of hydrogen-bond acceptors (Lipinski definition) is 5. The molecule has 1 heterocycles. The SMILES string of the molecule is COC(C)CCc1nc(C(=O)O)c(C(=O)O)o1. The number of oxazole rings is 1. The number of aromatic nitrogens is 1. The van der Waals surface area contributed by atoms with Gasteiger partial charge in [-0.3, -0.25) is 0 Å². The molecule has 0 aliphatic heterocycles. The van der Waals surface area contributed by atoms with Crippen molar-refractivity contribution in [2.45, 2.75) is 25.9 Å². The Bertz CT molecular complexity index is 393. The predicted octanol–water partition coefficient (Wildman–Crippen LogP) is 1.04. The third kappa shape index (κ3) is 3.28. The zero-order valence-electron chi connectivity index (χ0n) is 9.47. The summed E-state index contributed by atoms with van der Waals surface area (Å²) < 4.78 is 9.89. The fraction of sp³-hybridized carbons (Fsp3) is 0.500. The first-order chi connectivity index (χ1) is 7.95. The van der Waals surface area contributed by atoms with Gasteiger partial charge in [0.15, 0.2) is 5.89 Å². The Hall–Kier alpha value is -1.89. The molecule has 0 amide bonds. The van der Waals surface area contributed by atoms with Crippen LogP contribution in [0.3, 0.4) is 0 Å². The number of carbonyl (C=O) groups is 2. The smallest absolute Gasteiger partial charge is 0.374 e. The Morgan fingerprint density at radius 1 is 1.41 bits per heavy atom. The van der Waals surface area contributed by atoms with Crippen molar-refractivity contribution in [1.29, 1.82) is 0 Å². The van der Waals surface area contributed by atoms with Gasteiger partial charge in [0.2, 0.25) is 11.5 Å². The topological polar surface area (TPSA) is 110 Å². The maximum absolute atomic E-state index is 10.7. The van der Waals surface area contributed by atoms with Crippen LogP contribution in [0.1, 0.15) is 40.3 Å². The lowest BCUT2D eigenvalue weighted by Gasteiger charge is -2.05. The second-order valence-corrected chi connectivity index (χ2v) is 3.48. The Balaban J connectivity index is 2.85. The van der Waals surface area contributed by atoms with Gasteiger partial charge in [-0.25, -0.2) is 14.6 Å². The lowest BCUT2D eigenvalue weighted by atomic mass is 10.2. The third-order valence-corrected chi connectivity index (χ3v) is 2.24. The van der Waals surface area contributed by atoms with E-state index in [9.17, 15) is 9.59 Å². The van der Waals surface area contributed by atoms with Crippen molar-refractivity contribution in [3.8, 4) is 0 Å². The fourth-order valence-corrected chi connectivity index (χ4v) is 1.21. The van der Waals surface area contributed by atoms with Gasteiger partial charge in [-0.15, -0.1) is 0 Å². The highest BCUT2D eigenvalue weighted by molar-refractivity contribution is 5.98. The first-order valence-corrected chi connectivity index (χ1v) is 4.94. The average Bonchev–Trinajstić information content (AvgIpc) is 2.70. The van der Waals surface area contributed by atoms with Gasteiger partial charge in [-0.2, -0.15) is 0 Å². The molecule has 1 atom stereocenters. The van der Waals surface area contributed by atoms with Gasteiger partial charge < -0.3 is 19.4 Å². The van der Waals surface area contributed by atoms with E-state index >= 15 is 0 Å². The monoisotopic (exact) mass is 243 g/mol. The lowest BCUT2D eigenvalue weighted by molar-refractivity contribution is 0.0622. The molecule has 17 heavy (non-hydrogen) atoms. The molecule has 0 aliphatic carbocycles. The number of hydrogen-bond donors (Lipinski definition) is 2. The van der Waals surface area contributed by atoms with Crippen molar-refractivity contribution in [2.24, 2.45) is 0 Å². The number of methoxy groups -OCH3 is 1. The van der Waals surface area contributed by atoms with Crippen molar-refractivity contribution < 1.29 is 29.0 Å². The van der Waals surface area contributed by atoms with Gasteiger partial charge in [0, 0.05) is 13.5 Å². The van der Waals surface area contributed by atoms with Crippen LogP contribution < -0.4 is 0 Å². The van der Waals surface area contributed by atoms with Crippen LogP contribution in [-0.2, 0) is 11.2 Å². The van der Waals surface area contributed by atoms with E-state index in [1.165, 1.54) is 0 Å². The van der Waals surface area contributed by atoms with Crippen LogP contribution in [-0.4, -0.2) is 40.3 Å². The van der Waals surface area contributed by atoms with Gasteiger partial charge in [-0.05, 0) is 13.3 Å². The molecule has 0 aromatic carbocycles. The van der Waals surface area contributed by atoms with Crippen LogP contribution in [0.15, 0.2) is 4.42 Å². The minimum atomic E-state index is -1.44. The minimum Gasteiger partial charge on any atom is -0.476 e. The third-order valence-electron chi connectivity index (χ3n) is 2.24. The summed E-state index contributed by atoms with van der Waals surface area (Å²) in [7, 11) is 1.55. The number of carboxylic acid groups (broad SMARTS) is 2. The summed E-state index contributed by atoms with van der Waals surface area (Å²) in [5.41, 5.74) is -0.572. The quantitative estimate of drug-likeness (QED) is 0.767. The number of aryl methyl sites for hydroxylation is 1. The summed E-state index contributed by atoms with van der Waals surface area (Å²) in [5, 5.41) is 17.5. The summed E-state index contributed by atoms with van der Waals surface area (Å²) in [5.74, 6) is -3.42. The predicted molar refractivity (Wildman–Crippen MR) is 55.2 cm³/mol. The van der Waals surface area contributed by atoms with Crippen LogP contribution in [0.2, 0.25) is 0 Å². The highest BCUT2D eigenvalue weighted by Gasteiger charge is 2.24. The number of ether oxygens (including phenoxy) is 1. The second kappa shape index (κ2) is 5.44. The molecule has 7 nitrogen and oxygen atoms in total. The first-order valence-electron chi connectivity index (χ1n) is 4.94. The molecule has 1 rings (SSSR count). The molecule has 0 saturated heterocycles. The van der Waals surface area contributed by atoms with Crippen molar-refractivity contribution in [3.05, 3.63) is 17.3 Å². The van der Waals surface area contributed by atoms with Crippen LogP contribution in [0, 0.1) is 0 Å². The molecular formula is C10H13NO6. The van der Waals surface area contributed by atoms with Crippen molar-refractivity contribution in [1.82, 2.24) is 4.98 Å². The fourth-order valence-electron chi connectivity index (χ4n) is 1.21. The molecule has 0 bridgehead atoms. The molecule has 2 N–H and O–H groups in total. The van der Waals surface area contributed by atoms with E-state index in [1.807, 2.05) is 6.92 Å². The largest absolute Gasteiger partial charge is 0.476 e. The van der Waals surface area contributed by atoms with E-state index in [0.29, 0.717) is 12.8 Å². The van der Waals surface area contributed by atoms with Crippen molar-refractivity contribution >= 4 is 11.9 Å². The zero-order valence-corrected chi connectivity index (χ0v) is 9.47. The van der Waals surface area contributed by atoms with Gasteiger partial charge >= 0.3 is 11.9 Å². The van der Waals surface area contributed by atoms with Crippen molar-refractivity contribution in [2.75, 3.05) is 7.11 Å². The van der Waals surface area contributed by atoms with Gasteiger partial charge in [0.25, 0.3) is 0 Å². The molecular weight excluding hydrogens is 230 g/mol. The molecule has 1 unspecified atom stereocenters. The van der Waals surface area contributed by atoms with Crippen LogP contribution in [0.5, 0.6) is 0 Å². The second-order valence-electron chi connectivity index (χ2n) is 3.48. The summed E-state index contributed by atoms with van der Waals surface area (Å²) >= 11 is 0. The number of nitrogens with zero attached hydrogens (tertiary/aromatic N) is 1.